The van der Waals surface area contributed by atoms with E-state index in [2.05, 4.69) is 34.6 Å². The zero-order valence-electron chi connectivity index (χ0n) is 10.7. The number of nitrogens with one attached hydrogen (secondary N) is 1. The van der Waals surface area contributed by atoms with E-state index in [0.717, 1.165) is 18.4 Å². The molecule has 1 fully saturated rings. The number of hydrogen-bond donors (Lipinski definition) is 1. The predicted molar refractivity (Wildman–Crippen MR) is 72.2 cm³/mol. The van der Waals surface area contributed by atoms with Gasteiger partial charge in [0.05, 0.1) is 0 Å². The van der Waals surface area contributed by atoms with E-state index in [9.17, 15) is 0 Å². The maximum atomic E-state index is 4.38. The van der Waals surface area contributed by atoms with Gasteiger partial charge in [0.1, 0.15) is 0 Å². The molecular weight excluding hydrogens is 210 g/mol. The summed E-state index contributed by atoms with van der Waals surface area (Å²) < 4.78 is 2.31. The van der Waals surface area contributed by atoms with Crippen molar-refractivity contribution in [2.75, 3.05) is 11.9 Å². The molecule has 0 radical (unpaired) electrons. The summed E-state index contributed by atoms with van der Waals surface area (Å²) >= 11 is 0. The first-order chi connectivity index (χ1) is 8.35. The molecule has 3 heteroatoms. The molecule has 0 saturated heterocycles. The second-order valence-electron chi connectivity index (χ2n) is 4.92. The van der Waals surface area contributed by atoms with Crippen LogP contribution in [0.1, 0.15) is 45.1 Å². The topological polar surface area (TPSA) is 29.9 Å². The van der Waals surface area contributed by atoms with Crippen LogP contribution in [-0.2, 0) is 0 Å². The molecule has 0 aromatic carbocycles. The minimum absolute atomic E-state index is 0.628. The van der Waals surface area contributed by atoms with Crippen LogP contribution in [0.4, 0.5) is 5.95 Å². The van der Waals surface area contributed by atoms with Crippen molar-refractivity contribution in [2.24, 2.45) is 5.92 Å². The van der Waals surface area contributed by atoms with Crippen molar-refractivity contribution >= 4 is 5.95 Å². The van der Waals surface area contributed by atoms with Crippen LogP contribution in [0, 0.1) is 5.92 Å². The average molecular weight is 233 g/mol. The van der Waals surface area contributed by atoms with Gasteiger partial charge in [-0.05, 0) is 18.8 Å². The molecule has 0 aliphatic heterocycles. The highest BCUT2D eigenvalue weighted by Crippen LogP contribution is 2.35. The summed E-state index contributed by atoms with van der Waals surface area (Å²) in [6, 6.07) is 0.628. The van der Waals surface area contributed by atoms with Gasteiger partial charge in [0.15, 0.2) is 0 Å². The Bertz CT molecular complexity index is 356. The van der Waals surface area contributed by atoms with Crippen LogP contribution in [0.2, 0.25) is 0 Å². The molecule has 2 unspecified atom stereocenters. The van der Waals surface area contributed by atoms with Gasteiger partial charge in [0.25, 0.3) is 0 Å². The maximum absolute atomic E-state index is 4.38. The van der Waals surface area contributed by atoms with E-state index < -0.39 is 0 Å². The first kappa shape index (κ1) is 12.2. The largest absolute Gasteiger partial charge is 0.352 e. The fraction of sp³-hybridized carbons (Fsp3) is 0.643. The average Bonchev–Trinajstić information content (AvgIpc) is 2.84. The van der Waals surface area contributed by atoms with E-state index in [1.165, 1.54) is 32.1 Å². The van der Waals surface area contributed by atoms with Crippen LogP contribution in [0.25, 0.3) is 0 Å². The summed E-state index contributed by atoms with van der Waals surface area (Å²) in [4.78, 5) is 4.38. The van der Waals surface area contributed by atoms with Gasteiger partial charge in [-0.15, -0.1) is 6.58 Å². The van der Waals surface area contributed by atoms with E-state index in [0.29, 0.717) is 6.04 Å². The maximum Gasteiger partial charge on any atom is 0.203 e. The number of anilines is 1. The Labute approximate surface area is 104 Å². The zero-order chi connectivity index (χ0) is 12.1. The molecule has 1 aliphatic rings. The van der Waals surface area contributed by atoms with Crippen LogP contribution in [-0.4, -0.2) is 16.1 Å². The number of imidazole rings is 1. The van der Waals surface area contributed by atoms with Gasteiger partial charge in [0.2, 0.25) is 5.95 Å². The van der Waals surface area contributed by atoms with Crippen LogP contribution in [0.3, 0.4) is 0 Å². The van der Waals surface area contributed by atoms with Gasteiger partial charge in [0, 0.05) is 25.0 Å². The van der Waals surface area contributed by atoms with Gasteiger partial charge in [-0.3, -0.25) is 0 Å². The summed E-state index contributed by atoms with van der Waals surface area (Å²) in [5.74, 6) is 1.88. The van der Waals surface area contributed by atoms with Crippen molar-refractivity contribution in [3.63, 3.8) is 0 Å². The third-order valence-electron chi connectivity index (χ3n) is 3.80. The molecule has 3 nitrogen and oxygen atoms in total. The monoisotopic (exact) mass is 233 g/mol. The molecule has 1 heterocycles. The first-order valence-electron chi connectivity index (χ1n) is 6.72. The first-order valence-corrected chi connectivity index (χ1v) is 6.72. The minimum Gasteiger partial charge on any atom is -0.352 e. The van der Waals surface area contributed by atoms with Crippen molar-refractivity contribution in [3.8, 4) is 0 Å². The zero-order valence-corrected chi connectivity index (χ0v) is 10.7. The number of nitrogens with zero attached hydrogens (tertiary/aromatic N) is 2. The lowest BCUT2D eigenvalue weighted by atomic mass is 9.84. The van der Waals surface area contributed by atoms with E-state index in [-0.39, 0.29) is 0 Å². The summed E-state index contributed by atoms with van der Waals surface area (Å²) in [6.07, 6.45) is 12.5. The van der Waals surface area contributed by atoms with E-state index >= 15 is 0 Å². The molecular formula is C14H23N3. The summed E-state index contributed by atoms with van der Waals surface area (Å²) in [6.45, 7) is 6.81. The third-order valence-corrected chi connectivity index (χ3v) is 3.80. The number of hydrogen-bond acceptors (Lipinski definition) is 2. The minimum atomic E-state index is 0.628. The Kier molecular flexibility index (Phi) is 4.24. The lowest BCUT2D eigenvalue weighted by Gasteiger charge is -2.30. The second-order valence-corrected chi connectivity index (χ2v) is 4.92. The van der Waals surface area contributed by atoms with Gasteiger partial charge < -0.3 is 9.88 Å². The third kappa shape index (κ3) is 2.90. The predicted octanol–water partition coefficient (Wildman–Crippen LogP) is 3.62. The molecule has 94 valence electrons. The molecule has 1 N–H and O–H groups in total. The van der Waals surface area contributed by atoms with Gasteiger partial charge in [-0.1, -0.05) is 32.3 Å². The molecule has 1 aromatic rings. The van der Waals surface area contributed by atoms with E-state index in [1.807, 2.05) is 12.3 Å². The summed E-state index contributed by atoms with van der Waals surface area (Å²) in [5.41, 5.74) is 0. The number of rotatable bonds is 5. The molecule has 1 aromatic heterocycles. The van der Waals surface area contributed by atoms with Crippen LogP contribution < -0.4 is 5.32 Å². The quantitative estimate of drug-likeness (QED) is 0.787. The smallest absolute Gasteiger partial charge is 0.203 e. The Morgan fingerprint density at radius 3 is 3.24 bits per heavy atom. The highest BCUT2D eigenvalue weighted by molar-refractivity contribution is 5.27. The number of aromatic nitrogens is 2. The van der Waals surface area contributed by atoms with Crippen LogP contribution in [0.5, 0.6) is 0 Å². The lowest BCUT2D eigenvalue weighted by Crippen LogP contribution is -2.20. The van der Waals surface area contributed by atoms with Crippen molar-refractivity contribution in [1.29, 1.82) is 0 Å². The van der Waals surface area contributed by atoms with Gasteiger partial charge >= 0.3 is 0 Å². The van der Waals surface area contributed by atoms with Crippen molar-refractivity contribution in [2.45, 2.75) is 45.1 Å². The lowest BCUT2D eigenvalue weighted by molar-refractivity contribution is 0.263. The second kappa shape index (κ2) is 5.89. The standard InChI is InChI=1S/C14H23N3/c1-3-8-15-14-16-9-10-17(14)13-7-5-6-12(4-2)11-13/h3,9-10,12-13H,1,4-8,11H2,2H3,(H,15,16). The van der Waals surface area contributed by atoms with E-state index in [4.69, 9.17) is 0 Å². The fourth-order valence-corrected chi connectivity index (χ4v) is 2.79. The Morgan fingerprint density at radius 2 is 2.47 bits per heavy atom. The van der Waals surface area contributed by atoms with Gasteiger partial charge in [-0.25, -0.2) is 4.98 Å². The van der Waals surface area contributed by atoms with Crippen LogP contribution >= 0.6 is 0 Å². The molecule has 0 amide bonds. The Hall–Kier alpha value is -1.25. The van der Waals surface area contributed by atoms with Crippen molar-refractivity contribution in [1.82, 2.24) is 9.55 Å². The fourth-order valence-electron chi connectivity index (χ4n) is 2.79. The summed E-state index contributed by atoms with van der Waals surface area (Å²) in [5, 5.41) is 3.31. The molecule has 17 heavy (non-hydrogen) atoms. The van der Waals surface area contributed by atoms with Crippen molar-refractivity contribution < 1.29 is 0 Å². The molecule has 1 saturated carbocycles. The molecule has 2 atom stereocenters. The molecule has 2 rings (SSSR count). The van der Waals surface area contributed by atoms with Crippen LogP contribution in [0.15, 0.2) is 25.0 Å². The Balaban J connectivity index is 2.05. The molecule has 1 aliphatic carbocycles. The normalized spacial score (nSPS) is 24.5. The van der Waals surface area contributed by atoms with E-state index in [1.54, 1.807) is 0 Å². The van der Waals surface area contributed by atoms with Gasteiger partial charge in [-0.2, -0.15) is 0 Å². The highest BCUT2D eigenvalue weighted by Gasteiger charge is 2.23. The molecule has 0 bridgehead atoms. The van der Waals surface area contributed by atoms with Crippen molar-refractivity contribution in [3.05, 3.63) is 25.0 Å². The highest BCUT2D eigenvalue weighted by atomic mass is 15.2. The molecule has 0 spiro atoms. The SMILES string of the molecule is C=CCNc1nccn1C1CCCC(CC)C1. The Morgan fingerprint density at radius 1 is 1.59 bits per heavy atom. The summed E-state index contributed by atoms with van der Waals surface area (Å²) in [7, 11) is 0.